The fraction of sp³-hybridized carbons (Fsp3) is 0.889. The van der Waals surface area contributed by atoms with E-state index >= 15 is 0 Å². The van der Waals surface area contributed by atoms with Crippen LogP contribution in [0.4, 0.5) is 0 Å². The topological polar surface area (TPSA) is 70.6 Å². The molecule has 4 N–H and O–H groups in total. The van der Waals surface area contributed by atoms with Gasteiger partial charge in [0.1, 0.15) is 5.84 Å². The zero-order chi connectivity index (χ0) is 11.0. The summed E-state index contributed by atoms with van der Waals surface area (Å²) >= 11 is 1.81. The quantitative estimate of drug-likeness (QED) is 0.261. The largest absolute Gasteiger partial charge is 0.409 e. The number of nitrogens with zero attached hydrogens (tertiary/aromatic N) is 1. The van der Waals surface area contributed by atoms with Crippen LogP contribution in [-0.2, 0) is 0 Å². The number of rotatable bonds is 7. The zero-order valence-corrected chi connectivity index (χ0v) is 9.97. The Hall–Kier alpha value is -0.420. The van der Waals surface area contributed by atoms with Gasteiger partial charge in [-0.3, -0.25) is 0 Å². The van der Waals surface area contributed by atoms with Crippen molar-refractivity contribution in [2.24, 2.45) is 10.9 Å². The summed E-state index contributed by atoms with van der Waals surface area (Å²) in [5.74, 6) is 1.37. The second kappa shape index (κ2) is 7.94. The van der Waals surface area contributed by atoms with Crippen LogP contribution in [0.15, 0.2) is 5.16 Å². The summed E-state index contributed by atoms with van der Waals surface area (Å²) in [7, 11) is 0. The lowest BCUT2D eigenvalue weighted by molar-refractivity contribution is 0.315. The highest BCUT2D eigenvalue weighted by Crippen LogP contribution is 2.02. The highest BCUT2D eigenvalue weighted by molar-refractivity contribution is 7.98. The molecule has 0 saturated carbocycles. The number of nitrogens with one attached hydrogen (secondary N) is 1. The van der Waals surface area contributed by atoms with Gasteiger partial charge in [-0.25, -0.2) is 0 Å². The number of amidine groups is 1. The molecule has 2 unspecified atom stereocenters. The minimum atomic E-state index is 0.292. The van der Waals surface area contributed by atoms with E-state index in [9.17, 15) is 0 Å². The third-order valence-electron chi connectivity index (χ3n) is 2.01. The molecule has 5 heteroatoms. The molecule has 0 spiro atoms. The Bertz CT molecular complexity index is 175. The van der Waals surface area contributed by atoms with Crippen molar-refractivity contribution in [2.45, 2.75) is 38.8 Å². The number of hydrogen-bond donors (Lipinski definition) is 3. The number of hydrogen-bond acceptors (Lipinski definition) is 4. The van der Waals surface area contributed by atoms with Gasteiger partial charge in [0, 0.05) is 24.3 Å². The summed E-state index contributed by atoms with van der Waals surface area (Å²) in [6, 6.07) is 0.759. The molecule has 0 aromatic carbocycles. The molecule has 14 heavy (non-hydrogen) atoms. The van der Waals surface area contributed by atoms with Crippen molar-refractivity contribution >= 4 is 17.6 Å². The molecule has 2 atom stereocenters. The summed E-state index contributed by atoms with van der Waals surface area (Å²) in [5, 5.41) is 14.9. The Morgan fingerprint density at radius 1 is 1.64 bits per heavy atom. The first-order valence-corrected chi connectivity index (χ1v) is 6.24. The molecule has 0 aliphatic rings. The summed E-state index contributed by atoms with van der Waals surface area (Å²) in [6.07, 6.45) is 3.67. The smallest absolute Gasteiger partial charge is 0.140 e. The van der Waals surface area contributed by atoms with Crippen molar-refractivity contribution < 1.29 is 5.21 Å². The maximum absolute atomic E-state index is 8.45. The van der Waals surface area contributed by atoms with Gasteiger partial charge in [-0.15, -0.1) is 0 Å². The molecule has 0 fully saturated rings. The Morgan fingerprint density at radius 2 is 2.29 bits per heavy atom. The van der Waals surface area contributed by atoms with E-state index in [4.69, 9.17) is 10.9 Å². The molecule has 0 rings (SSSR count). The van der Waals surface area contributed by atoms with Crippen LogP contribution in [0.1, 0.15) is 26.7 Å². The van der Waals surface area contributed by atoms with Crippen molar-refractivity contribution in [2.75, 3.05) is 12.0 Å². The zero-order valence-electron chi connectivity index (χ0n) is 9.16. The van der Waals surface area contributed by atoms with Crippen molar-refractivity contribution in [1.82, 2.24) is 5.32 Å². The van der Waals surface area contributed by atoms with Crippen LogP contribution < -0.4 is 11.1 Å². The molecule has 0 bridgehead atoms. The van der Waals surface area contributed by atoms with Gasteiger partial charge in [0.15, 0.2) is 0 Å². The van der Waals surface area contributed by atoms with E-state index in [-0.39, 0.29) is 0 Å². The summed E-state index contributed by atoms with van der Waals surface area (Å²) in [5.41, 5.74) is 5.45. The molecule has 0 saturated heterocycles. The standard InChI is InChI=1S/C9H21N3OS/c1-4-8(5-9(10)12-13)11-7(2)6-14-3/h7-8,11,13H,4-6H2,1-3H3,(H2,10,12). The molecule has 0 radical (unpaired) electrons. The summed E-state index contributed by atoms with van der Waals surface area (Å²) in [4.78, 5) is 0. The summed E-state index contributed by atoms with van der Waals surface area (Å²) < 4.78 is 0. The van der Waals surface area contributed by atoms with Crippen molar-refractivity contribution in [3.8, 4) is 0 Å². The van der Waals surface area contributed by atoms with Crippen LogP contribution in [0.2, 0.25) is 0 Å². The Morgan fingerprint density at radius 3 is 2.71 bits per heavy atom. The Labute approximate surface area is 90.3 Å². The van der Waals surface area contributed by atoms with Gasteiger partial charge in [-0.05, 0) is 19.6 Å². The first kappa shape index (κ1) is 13.6. The molecule has 0 aromatic heterocycles. The fourth-order valence-electron chi connectivity index (χ4n) is 1.31. The third kappa shape index (κ3) is 6.10. The van der Waals surface area contributed by atoms with Crippen LogP contribution >= 0.6 is 11.8 Å². The van der Waals surface area contributed by atoms with Crippen molar-refractivity contribution in [3.63, 3.8) is 0 Å². The third-order valence-corrected chi connectivity index (χ3v) is 2.85. The Kier molecular flexibility index (Phi) is 7.70. The van der Waals surface area contributed by atoms with E-state index in [0.29, 0.717) is 24.3 Å². The maximum Gasteiger partial charge on any atom is 0.140 e. The molecule has 4 nitrogen and oxygen atoms in total. The molecule has 0 aliphatic heterocycles. The van der Waals surface area contributed by atoms with E-state index in [1.165, 1.54) is 0 Å². The van der Waals surface area contributed by atoms with E-state index < -0.39 is 0 Å². The predicted octanol–water partition coefficient (Wildman–Crippen LogP) is 1.24. The van der Waals surface area contributed by atoms with Crippen molar-refractivity contribution in [3.05, 3.63) is 0 Å². The average molecular weight is 219 g/mol. The first-order valence-electron chi connectivity index (χ1n) is 4.85. The van der Waals surface area contributed by atoms with Gasteiger partial charge < -0.3 is 16.3 Å². The van der Waals surface area contributed by atoms with Gasteiger partial charge >= 0.3 is 0 Å². The van der Waals surface area contributed by atoms with E-state index in [1.807, 2.05) is 11.8 Å². The molecule has 0 amide bonds. The van der Waals surface area contributed by atoms with E-state index in [1.54, 1.807) is 0 Å². The minimum Gasteiger partial charge on any atom is -0.409 e. The van der Waals surface area contributed by atoms with Crippen LogP contribution in [0.25, 0.3) is 0 Å². The molecular formula is C9H21N3OS. The minimum absolute atomic E-state index is 0.292. The molecule has 0 heterocycles. The monoisotopic (exact) mass is 219 g/mol. The predicted molar refractivity (Wildman–Crippen MR) is 63.1 cm³/mol. The maximum atomic E-state index is 8.45. The van der Waals surface area contributed by atoms with Gasteiger partial charge in [-0.2, -0.15) is 11.8 Å². The van der Waals surface area contributed by atoms with E-state index in [0.717, 1.165) is 12.2 Å². The second-order valence-electron chi connectivity index (χ2n) is 3.42. The summed E-state index contributed by atoms with van der Waals surface area (Å²) in [6.45, 7) is 4.24. The lowest BCUT2D eigenvalue weighted by Crippen LogP contribution is -2.40. The fourth-order valence-corrected chi connectivity index (χ4v) is 1.91. The van der Waals surface area contributed by atoms with Crippen LogP contribution in [0, 0.1) is 0 Å². The van der Waals surface area contributed by atoms with Gasteiger partial charge in [0.05, 0.1) is 0 Å². The highest BCUT2D eigenvalue weighted by atomic mass is 32.2. The van der Waals surface area contributed by atoms with Gasteiger partial charge in [0.2, 0.25) is 0 Å². The normalized spacial score (nSPS) is 16.6. The Balaban J connectivity index is 3.89. The molecule has 0 aromatic rings. The average Bonchev–Trinajstić information content (AvgIpc) is 2.16. The number of nitrogens with two attached hydrogens (primary N) is 1. The SMILES string of the molecule is CCC(CC(N)=NO)NC(C)CSC. The lowest BCUT2D eigenvalue weighted by Gasteiger charge is -2.21. The van der Waals surface area contributed by atoms with Crippen LogP contribution in [-0.4, -0.2) is 35.1 Å². The molecular weight excluding hydrogens is 198 g/mol. The number of oxime groups is 1. The van der Waals surface area contributed by atoms with Gasteiger partial charge in [-0.1, -0.05) is 12.1 Å². The van der Waals surface area contributed by atoms with Gasteiger partial charge in [0.25, 0.3) is 0 Å². The number of thioether (sulfide) groups is 1. The van der Waals surface area contributed by atoms with Crippen LogP contribution in [0.5, 0.6) is 0 Å². The first-order chi connectivity index (χ1) is 6.63. The molecule has 84 valence electrons. The van der Waals surface area contributed by atoms with Crippen molar-refractivity contribution in [1.29, 1.82) is 0 Å². The van der Waals surface area contributed by atoms with E-state index in [2.05, 4.69) is 30.6 Å². The molecule has 0 aliphatic carbocycles. The highest BCUT2D eigenvalue weighted by Gasteiger charge is 2.11. The van der Waals surface area contributed by atoms with Crippen LogP contribution in [0.3, 0.4) is 0 Å². The second-order valence-corrected chi connectivity index (χ2v) is 4.33. The lowest BCUT2D eigenvalue weighted by atomic mass is 10.1.